The van der Waals surface area contributed by atoms with Crippen molar-refractivity contribution in [3.05, 3.63) is 48.3 Å². The van der Waals surface area contributed by atoms with Gasteiger partial charge >= 0.3 is 12.1 Å². The monoisotopic (exact) mass is 409 g/mol. The van der Waals surface area contributed by atoms with Gasteiger partial charge in [-0.15, -0.1) is 0 Å². The number of nitrogens with one attached hydrogen (secondary N) is 3. The number of methoxy groups -OCH3 is 2. The lowest BCUT2D eigenvalue weighted by Crippen LogP contribution is -2.28. The molecule has 30 heavy (non-hydrogen) atoms. The highest BCUT2D eigenvalue weighted by atomic mass is 16.5. The molecular formula is C21H23N5O4. The molecular weight excluding hydrogens is 386 g/mol. The summed E-state index contributed by atoms with van der Waals surface area (Å²) in [4.78, 5) is 31.9. The summed E-state index contributed by atoms with van der Waals surface area (Å²) in [5.74, 6) is 0.903. The molecule has 0 aliphatic rings. The number of rotatable bonds is 6. The van der Waals surface area contributed by atoms with Gasteiger partial charge in [-0.05, 0) is 41.1 Å². The van der Waals surface area contributed by atoms with Gasteiger partial charge in [0.15, 0.2) is 0 Å². The Labute approximate surface area is 173 Å². The molecule has 2 aromatic heterocycles. The first-order valence-electron chi connectivity index (χ1n) is 9.34. The van der Waals surface area contributed by atoms with Crippen LogP contribution in [0.25, 0.3) is 21.9 Å². The fraction of sp³-hybridized carbons (Fsp3) is 0.238. The zero-order valence-corrected chi connectivity index (χ0v) is 17.0. The predicted octanol–water partition coefficient (Wildman–Crippen LogP) is 3.30. The lowest BCUT2D eigenvalue weighted by molar-refractivity contribution is 0.170. The first-order valence-corrected chi connectivity index (χ1v) is 9.34. The second-order valence-electron chi connectivity index (χ2n) is 6.30. The van der Waals surface area contributed by atoms with Crippen molar-refractivity contribution in [2.24, 2.45) is 0 Å². The molecule has 0 bridgehead atoms. The Morgan fingerprint density at radius 2 is 1.87 bits per heavy atom. The summed E-state index contributed by atoms with van der Waals surface area (Å²) in [6, 6.07) is 9.04. The molecule has 0 aliphatic carbocycles. The SMILES string of the molecule is CCNC(=O)Nc1cc2c(-c3ccnc(OC)c3)ccc(CNC(=O)OC)c2cn1. The van der Waals surface area contributed by atoms with E-state index in [9.17, 15) is 9.59 Å². The lowest BCUT2D eigenvalue weighted by Gasteiger charge is -2.14. The molecule has 0 fully saturated rings. The molecule has 0 radical (unpaired) electrons. The fourth-order valence-corrected chi connectivity index (χ4v) is 3.02. The molecule has 0 atom stereocenters. The molecule has 0 spiro atoms. The number of nitrogens with zero attached hydrogens (tertiary/aromatic N) is 2. The summed E-state index contributed by atoms with van der Waals surface area (Å²) in [6.07, 6.45) is 2.82. The van der Waals surface area contributed by atoms with E-state index < -0.39 is 6.09 Å². The molecule has 156 valence electrons. The van der Waals surface area contributed by atoms with Crippen LogP contribution in [0.2, 0.25) is 0 Å². The minimum atomic E-state index is -0.520. The van der Waals surface area contributed by atoms with Crippen LogP contribution in [0.4, 0.5) is 15.4 Å². The standard InChI is InChI=1S/C21H23N5O4/c1-4-22-20(27)26-18-10-16-15(13-7-8-23-19(9-13)29-2)6-5-14(17(16)12-24-18)11-25-21(28)30-3/h5-10,12H,4,11H2,1-3H3,(H,25,28)(H2,22,24,26,27). The largest absolute Gasteiger partial charge is 0.481 e. The van der Waals surface area contributed by atoms with Crippen LogP contribution in [0.15, 0.2) is 42.7 Å². The van der Waals surface area contributed by atoms with Gasteiger partial charge in [0.2, 0.25) is 5.88 Å². The van der Waals surface area contributed by atoms with Crippen molar-refractivity contribution in [3.8, 4) is 17.0 Å². The van der Waals surface area contributed by atoms with E-state index in [-0.39, 0.29) is 12.6 Å². The summed E-state index contributed by atoms with van der Waals surface area (Å²) in [6.45, 7) is 2.61. The molecule has 0 unspecified atom stereocenters. The topological polar surface area (TPSA) is 114 Å². The molecule has 1 aromatic carbocycles. The maximum absolute atomic E-state index is 11.9. The molecule has 3 aromatic rings. The second kappa shape index (κ2) is 9.55. The van der Waals surface area contributed by atoms with Crippen molar-refractivity contribution >= 4 is 28.7 Å². The van der Waals surface area contributed by atoms with E-state index in [1.165, 1.54) is 7.11 Å². The van der Waals surface area contributed by atoms with Crippen LogP contribution in [0.1, 0.15) is 12.5 Å². The Hall–Kier alpha value is -3.88. The maximum Gasteiger partial charge on any atom is 0.407 e. The van der Waals surface area contributed by atoms with E-state index in [0.717, 1.165) is 27.5 Å². The van der Waals surface area contributed by atoms with E-state index in [2.05, 4.69) is 30.7 Å². The number of ether oxygens (including phenoxy) is 2. The highest BCUT2D eigenvalue weighted by Crippen LogP contribution is 2.33. The number of pyridine rings is 2. The van der Waals surface area contributed by atoms with Gasteiger partial charge in [0.05, 0.1) is 14.2 Å². The fourth-order valence-electron chi connectivity index (χ4n) is 3.02. The van der Waals surface area contributed by atoms with Crippen LogP contribution in [-0.4, -0.2) is 42.9 Å². The smallest absolute Gasteiger partial charge is 0.407 e. The third-order valence-corrected chi connectivity index (χ3v) is 4.43. The third kappa shape index (κ3) is 4.75. The molecule has 3 rings (SSSR count). The van der Waals surface area contributed by atoms with Crippen LogP contribution in [0, 0.1) is 0 Å². The van der Waals surface area contributed by atoms with Gasteiger partial charge in [-0.2, -0.15) is 0 Å². The zero-order chi connectivity index (χ0) is 21.5. The Morgan fingerprint density at radius 1 is 1.03 bits per heavy atom. The van der Waals surface area contributed by atoms with Gasteiger partial charge in [-0.25, -0.2) is 19.6 Å². The molecule has 3 amide bonds. The van der Waals surface area contributed by atoms with Crippen molar-refractivity contribution in [3.63, 3.8) is 0 Å². The van der Waals surface area contributed by atoms with E-state index in [0.29, 0.717) is 18.2 Å². The number of hydrogen-bond acceptors (Lipinski definition) is 6. The average molecular weight is 409 g/mol. The first-order chi connectivity index (χ1) is 14.5. The summed E-state index contributed by atoms with van der Waals surface area (Å²) in [5.41, 5.74) is 2.67. The number of alkyl carbamates (subject to hydrolysis) is 1. The number of carbonyl (C=O) groups excluding carboxylic acids is 2. The van der Waals surface area contributed by atoms with Crippen LogP contribution in [0.5, 0.6) is 5.88 Å². The average Bonchev–Trinajstić information content (AvgIpc) is 2.77. The number of aromatic nitrogens is 2. The third-order valence-electron chi connectivity index (χ3n) is 4.43. The maximum atomic E-state index is 11.9. The summed E-state index contributed by atoms with van der Waals surface area (Å²) < 4.78 is 9.89. The van der Waals surface area contributed by atoms with Crippen molar-refractivity contribution in [2.45, 2.75) is 13.5 Å². The number of amides is 3. The zero-order valence-electron chi connectivity index (χ0n) is 17.0. The first kappa shape index (κ1) is 20.8. The van der Waals surface area contributed by atoms with Crippen LogP contribution >= 0.6 is 0 Å². The Morgan fingerprint density at radius 3 is 2.60 bits per heavy atom. The molecule has 0 aliphatic heterocycles. The van der Waals surface area contributed by atoms with Gasteiger partial charge < -0.3 is 20.1 Å². The van der Waals surface area contributed by atoms with Crippen LogP contribution < -0.4 is 20.7 Å². The van der Waals surface area contributed by atoms with Crippen molar-refractivity contribution in [2.75, 3.05) is 26.1 Å². The number of urea groups is 1. The Kier molecular flexibility index (Phi) is 6.63. The number of carbonyl (C=O) groups is 2. The van der Waals surface area contributed by atoms with Crippen molar-refractivity contribution in [1.82, 2.24) is 20.6 Å². The number of hydrogen-bond donors (Lipinski definition) is 3. The molecule has 0 saturated carbocycles. The molecule has 2 heterocycles. The highest BCUT2D eigenvalue weighted by molar-refractivity contribution is 6.01. The normalized spacial score (nSPS) is 10.4. The summed E-state index contributed by atoms with van der Waals surface area (Å²) in [7, 11) is 2.87. The van der Waals surface area contributed by atoms with Crippen LogP contribution in [-0.2, 0) is 11.3 Å². The lowest BCUT2D eigenvalue weighted by atomic mass is 9.96. The number of anilines is 1. The van der Waals surface area contributed by atoms with Gasteiger partial charge in [0, 0.05) is 36.9 Å². The van der Waals surface area contributed by atoms with E-state index in [1.807, 2.05) is 31.2 Å². The molecule has 9 heteroatoms. The minimum absolute atomic E-state index is 0.272. The summed E-state index contributed by atoms with van der Waals surface area (Å²) >= 11 is 0. The molecule has 9 nitrogen and oxygen atoms in total. The minimum Gasteiger partial charge on any atom is -0.481 e. The summed E-state index contributed by atoms with van der Waals surface area (Å²) in [5, 5.41) is 9.78. The Balaban J connectivity index is 2.09. The van der Waals surface area contributed by atoms with E-state index in [1.54, 1.807) is 25.6 Å². The molecule has 3 N–H and O–H groups in total. The number of benzene rings is 1. The number of fused-ring (bicyclic) bond motifs is 1. The van der Waals surface area contributed by atoms with E-state index >= 15 is 0 Å². The predicted molar refractivity (Wildman–Crippen MR) is 113 cm³/mol. The second-order valence-corrected chi connectivity index (χ2v) is 6.30. The van der Waals surface area contributed by atoms with Gasteiger partial charge in [-0.1, -0.05) is 12.1 Å². The Bertz CT molecular complexity index is 1070. The molecule has 0 saturated heterocycles. The van der Waals surface area contributed by atoms with Gasteiger partial charge in [-0.3, -0.25) is 5.32 Å². The van der Waals surface area contributed by atoms with Gasteiger partial charge in [0.1, 0.15) is 5.82 Å². The van der Waals surface area contributed by atoms with Gasteiger partial charge in [0.25, 0.3) is 0 Å². The van der Waals surface area contributed by atoms with Crippen molar-refractivity contribution < 1.29 is 19.1 Å². The highest BCUT2D eigenvalue weighted by Gasteiger charge is 2.13. The van der Waals surface area contributed by atoms with E-state index in [4.69, 9.17) is 4.74 Å². The van der Waals surface area contributed by atoms with Crippen LogP contribution in [0.3, 0.4) is 0 Å². The quantitative estimate of drug-likeness (QED) is 0.575. The van der Waals surface area contributed by atoms with Crippen molar-refractivity contribution in [1.29, 1.82) is 0 Å².